The predicted molar refractivity (Wildman–Crippen MR) is 105 cm³/mol. The molecule has 2 N–H and O–H groups in total. The molecule has 2 aromatic carbocycles. The maximum atomic E-state index is 12.1. The molecule has 0 atom stereocenters. The molecule has 1 saturated carbocycles. The second kappa shape index (κ2) is 8.71. The smallest absolute Gasteiger partial charge is 0.336 e. The highest BCUT2D eigenvalue weighted by molar-refractivity contribution is 5.96. The quantitative estimate of drug-likeness (QED) is 0.772. The van der Waals surface area contributed by atoms with E-state index in [2.05, 4.69) is 17.4 Å². The molecule has 0 saturated heterocycles. The third-order valence-electron chi connectivity index (χ3n) is 5.16. The summed E-state index contributed by atoms with van der Waals surface area (Å²) in [6, 6.07) is 12.8. The Labute approximate surface area is 159 Å². The standard InChI is InChI=1S/C22H25NO4/c1-15-19(22(25)26)8-5-9-20(15)23-21(24)14-27-18-12-10-17(11-13-18)16-6-3-2-4-7-16/h5,8-13,16H,2-4,6-7,14H2,1H3,(H,23,24)(H,25,26). The summed E-state index contributed by atoms with van der Waals surface area (Å²) < 4.78 is 5.57. The summed E-state index contributed by atoms with van der Waals surface area (Å²) in [6.45, 7) is 1.55. The number of aromatic carboxylic acids is 1. The number of carbonyl (C=O) groups is 2. The first-order chi connectivity index (χ1) is 13.0. The Morgan fingerprint density at radius 2 is 1.78 bits per heavy atom. The normalized spacial score (nSPS) is 14.6. The van der Waals surface area contributed by atoms with Crippen LogP contribution in [0.2, 0.25) is 0 Å². The van der Waals surface area contributed by atoms with Crippen LogP contribution >= 0.6 is 0 Å². The second-order valence-electron chi connectivity index (χ2n) is 7.02. The topological polar surface area (TPSA) is 75.6 Å². The van der Waals surface area contributed by atoms with E-state index in [1.807, 2.05) is 12.1 Å². The molecule has 0 spiro atoms. The molecular formula is C22H25NO4. The summed E-state index contributed by atoms with van der Waals surface area (Å²) in [5.74, 6) is -0.0452. The highest BCUT2D eigenvalue weighted by Crippen LogP contribution is 2.33. The lowest BCUT2D eigenvalue weighted by Crippen LogP contribution is -2.21. The van der Waals surface area contributed by atoms with E-state index in [0.717, 1.165) is 0 Å². The van der Waals surface area contributed by atoms with E-state index in [9.17, 15) is 9.59 Å². The summed E-state index contributed by atoms with van der Waals surface area (Å²) in [4.78, 5) is 23.3. The molecule has 5 heteroatoms. The van der Waals surface area contributed by atoms with Gasteiger partial charge in [-0.3, -0.25) is 4.79 Å². The van der Waals surface area contributed by atoms with Gasteiger partial charge in [-0.2, -0.15) is 0 Å². The number of hydrogen-bond acceptors (Lipinski definition) is 3. The molecule has 1 fully saturated rings. The van der Waals surface area contributed by atoms with Gasteiger partial charge in [-0.05, 0) is 61.1 Å². The minimum atomic E-state index is -1.02. The fourth-order valence-corrected chi connectivity index (χ4v) is 3.61. The van der Waals surface area contributed by atoms with E-state index < -0.39 is 5.97 Å². The van der Waals surface area contributed by atoms with Crippen molar-refractivity contribution >= 4 is 17.6 Å². The van der Waals surface area contributed by atoms with E-state index in [1.165, 1.54) is 43.7 Å². The molecule has 0 aliphatic heterocycles. The average molecular weight is 367 g/mol. The third-order valence-corrected chi connectivity index (χ3v) is 5.16. The monoisotopic (exact) mass is 367 g/mol. The van der Waals surface area contributed by atoms with Gasteiger partial charge < -0.3 is 15.2 Å². The molecule has 1 amide bonds. The number of hydrogen-bond donors (Lipinski definition) is 2. The van der Waals surface area contributed by atoms with E-state index in [-0.39, 0.29) is 18.1 Å². The Balaban J connectivity index is 1.55. The zero-order valence-electron chi connectivity index (χ0n) is 15.5. The van der Waals surface area contributed by atoms with Crippen LogP contribution in [0.1, 0.15) is 59.5 Å². The number of carbonyl (C=O) groups excluding carboxylic acids is 1. The number of benzene rings is 2. The van der Waals surface area contributed by atoms with Gasteiger partial charge in [0.05, 0.1) is 5.56 Å². The van der Waals surface area contributed by atoms with E-state index in [0.29, 0.717) is 22.9 Å². The van der Waals surface area contributed by atoms with Crippen molar-refractivity contribution in [3.8, 4) is 5.75 Å². The Hall–Kier alpha value is -2.82. The Morgan fingerprint density at radius 1 is 1.07 bits per heavy atom. The summed E-state index contributed by atoms with van der Waals surface area (Å²) in [7, 11) is 0. The Morgan fingerprint density at radius 3 is 2.44 bits per heavy atom. The number of carboxylic acid groups (broad SMARTS) is 1. The highest BCUT2D eigenvalue weighted by atomic mass is 16.5. The fourth-order valence-electron chi connectivity index (χ4n) is 3.61. The number of rotatable bonds is 6. The van der Waals surface area contributed by atoms with E-state index >= 15 is 0 Å². The minimum Gasteiger partial charge on any atom is -0.484 e. The van der Waals surface area contributed by atoms with Crippen LogP contribution in [-0.4, -0.2) is 23.6 Å². The van der Waals surface area contributed by atoms with Crippen LogP contribution in [0.4, 0.5) is 5.69 Å². The molecule has 3 rings (SSSR count). The van der Waals surface area contributed by atoms with Crippen LogP contribution in [0.15, 0.2) is 42.5 Å². The van der Waals surface area contributed by atoms with Crippen LogP contribution < -0.4 is 10.1 Å². The van der Waals surface area contributed by atoms with Crippen molar-refractivity contribution in [1.82, 2.24) is 0 Å². The number of ether oxygens (including phenoxy) is 1. The first kappa shape index (κ1) is 19.0. The third kappa shape index (κ3) is 4.88. The van der Waals surface area contributed by atoms with Gasteiger partial charge in [0.2, 0.25) is 0 Å². The number of nitrogens with one attached hydrogen (secondary N) is 1. The first-order valence-corrected chi connectivity index (χ1v) is 9.40. The summed E-state index contributed by atoms with van der Waals surface area (Å²) in [5, 5.41) is 11.9. The van der Waals surface area contributed by atoms with Crippen molar-refractivity contribution in [1.29, 1.82) is 0 Å². The molecule has 0 unspecified atom stereocenters. The molecular weight excluding hydrogens is 342 g/mol. The van der Waals surface area contributed by atoms with Gasteiger partial charge >= 0.3 is 5.97 Å². The first-order valence-electron chi connectivity index (χ1n) is 9.40. The van der Waals surface area contributed by atoms with Crippen molar-refractivity contribution in [2.75, 3.05) is 11.9 Å². The molecule has 0 heterocycles. The zero-order chi connectivity index (χ0) is 19.2. The number of amides is 1. The molecule has 142 valence electrons. The molecule has 1 aliphatic rings. The van der Waals surface area contributed by atoms with Gasteiger partial charge in [0.1, 0.15) is 5.75 Å². The minimum absolute atomic E-state index is 0.125. The highest BCUT2D eigenvalue weighted by Gasteiger charge is 2.15. The molecule has 2 aromatic rings. The van der Waals surface area contributed by atoms with Crippen LogP contribution in [0.25, 0.3) is 0 Å². The van der Waals surface area contributed by atoms with Crippen molar-refractivity contribution in [3.63, 3.8) is 0 Å². The SMILES string of the molecule is Cc1c(NC(=O)COc2ccc(C3CCCCC3)cc2)cccc1C(=O)O. The summed E-state index contributed by atoms with van der Waals surface area (Å²) in [6.07, 6.45) is 6.42. The van der Waals surface area contributed by atoms with E-state index in [4.69, 9.17) is 9.84 Å². The van der Waals surface area contributed by atoms with Crippen molar-refractivity contribution < 1.29 is 19.4 Å². The predicted octanol–water partition coefficient (Wildman–Crippen LogP) is 4.76. The van der Waals surface area contributed by atoms with E-state index in [1.54, 1.807) is 19.1 Å². The maximum Gasteiger partial charge on any atom is 0.336 e. The van der Waals surface area contributed by atoms with Gasteiger partial charge in [0, 0.05) is 5.69 Å². The van der Waals surface area contributed by atoms with Gasteiger partial charge in [-0.25, -0.2) is 4.79 Å². The molecule has 0 radical (unpaired) electrons. The Kier molecular flexibility index (Phi) is 6.12. The number of carboxylic acids is 1. The Bertz CT molecular complexity index is 808. The zero-order valence-corrected chi connectivity index (χ0v) is 15.5. The lowest BCUT2D eigenvalue weighted by atomic mass is 9.84. The van der Waals surface area contributed by atoms with Crippen LogP contribution in [-0.2, 0) is 4.79 Å². The molecule has 1 aliphatic carbocycles. The van der Waals surface area contributed by atoms with Crippen molar-refractivity contribution in [2.24, 2.45) is 0 Å². The number of anilines is 1. The molecule has 27 heavy (non-hydrogen) atoms. The fraction of sp³-hybridized carbons (Fsp3) is 0.364. The van der Waals surface area contributed by atoms with Gasteiger partial charge in [-0.1, -0.05) is 37.5 Å². The molecule has 0 bridgehead atoms. The lowest BCUT2D eigenvalue weighted by molar-refractivity contribution is -0.118. The maximum absolute atomic E-state index is 12.1. The van der Waals surface area contributed by atoms with Crippen LogP contribution in [0.3, 0.4) is 0 Å². The largest absolute Gasteiger partial charge is 0.484 e. The average Bonchev–Trinajstić information content (AvgIpc) is 2.69. The van der Waals surface area contributed by atoms with Crippen molar-refractivity contribution in [3.05, 3.63) is 59.2 Å². The van der Waals surface area contributed by atoms with Crippen LogP contribution in [0, 0.1) is 6.92 Å². The summed E-state index contributed by atoms with van der Waals surface area (Å²) >= 11 is 0. The summed E-state index contributed by atoms with van der Waals surface area (Å²) in [5.41, 5.74) is 2.52. The van der Waals surface area contributed by atoms with Crippen molar-refractivity contribution in [2.45, 2.75) is 44.9 Å². The van der Waals surface area contributed by atoms with Gasteiger partial charge in [0.25, 0.3) is 5.91 Å². The van der Waals surface area contributed by atoms with Gasteiger partial charge in [-0.15, -0.1) is 0 Å². The van der Waals surface area contributed by atoms with Crippen LogP contribution in [0.5, 0.6) is 5.75 Å². The lowest BCUT2D eigenvalue weighted by Gasteiger charge is -2.22. The molecule has 5 nitrogen and oxygen atoms in total. The molecule has 0 aromatic heterocycles. The second-order valence-corrected chi connectivity index (χ2v) is 7.02. The van der Waals surface area contributed by atoms with Gasteiger partial charge in [0.15, 0.2) is 6.61 Å².